The van der Waals surface area contributed by atoms with Crippen molar-refractivity contribution in [1.82, 2.24) is 9.88 Å². The summed E-state index contributed by atoms with van der Waals surface area (Å²) in [6, 6.07) is 5.63. The number of oxazole rings is 1. The second-order valence-corrected chi connectivity index (χ2v) is 6.55. The third-order valence-corrected chi connectivity index (χ3v) is 4.62. The van der Waals surface area contributed by atoms with Gasteiger partial charge in [-0.25, -0.2) is 4.98 Å². The number of hydrogen-bond acceptors (Lipinski definition) is 4. The summed E-state index contributed by atoms with van der Waals surface area (Å²) in [5.41, 5.74) is 8.21. The molecule has 0 radical (unpaired) electrons. The minimum Gasteiger partial charge on any atom is -0.439 e. The van der Waals surface area contributed by atoms with E-state index in [4.69, 9.17) is 10.2 Å². The van der Waals surface area contributed by atoms with E-state index in [-0.39, 0.29) is 0 Å². The largest absolute Gasteiger partial charge is 0.439 e. The number of likely N-dealkylation sites (tertiary alicyclic amines) is 1. The molecular weight excluding hydrogens is 262 g/mol. The third kappa shape index (κ3) is 3.38. The Kier molecular flexibility index (Phi) is 4.15. The van der Waals surface area contributed by atoms with Crippen LogP contribution in [0.1, 0.15) is 39.0 Å². The molecule has 1 aliphatic heterocycles. The lowest BCUT2D eigenvalue weighted by molar-refractivity contribution is 0.242. The highest BCUT2D eigenvalue weighted by atomic mass is 16.3. The van der Waals surface area contributed by atoms with Crippen LogP contribution in [0.25, 0.3) is 11.1 Å². The number of hydrogen-bond donors (Lipinski definition) is 1. The topological polar surface area (TPSA) is 55.3 Å². The summed E-state index contributed by atoms with van der Waals surface area (Å²) in [6.45, 7) is 7.77. The number of nitrogens with zero attached hydrogens (tertiary/aromatic N) is 2. The van der Waals surface area contributed by atoms with Crippen LogP contribution in [0.3, 0.4) is 0 Å². The second-order valence-electron chi connectivity index (χ2n) is 6.55. The van der Waals surface area contributed by atoms with Gasteiger partial charge in [0.15, 0.2) is 5.58 Å². The van der Waals surface area contributed by atoms with E-state index in [9.17, 15) is 0 Å². The van der Waals surface area contributed by atoms with Gasteiger partial charge in [0, 0.05) is 5.69 Å². The van der Waals surface area contributed by atoms with Crippen molar-refractivity contribution >= 4 is 16.8 Å². The third-order valence-electron chi connectivity index (χ3n) is 4.62. The molecule has 1 fully saturated rings. The van der Waals surface area contributed by atoms with Crippen molar-refractivity contribution in [3.05, 3.63) is 24.1 Å². The van der Waals surface area contributed by atoms with Crippen LogP contribution in [0.4, 0.5) is 5.69 Å². The number of nitrogens with two attached hydrogens (primary N) is 1. The maximum atomic E-state index is 5.83. The molecule has 2 heterocycles. The summed E-state index contributed by atoms with van der Waals surface area (Å²) in [5.74, 6) is 2.45. The quantitative estimate of drug-likeness (QED) is 0.875. The molecule has 1 aromatic carbocycles. The Labute approximate surface area is 126 Å². The van der Waals surface area contributed by atoms with E-state index in [0.29, 0.717) is 0 Å². The van der Waals surface area contributed by atoms with Gasteiger partial charge in [0.05, 0.1) is 6.54 Å². The normalized spacial score (nSPS) is 21.0. The number of anilines is 1. The summed E-state index contributed by atoms with van der Waals surface area (Å²) in [6.07, 6.45) is 3.90. The highest BCUT2D eigenvalue weighted by Crippen LogP contribution is 2.26. The van der Waals surface area contributed by atoms with Crippen molar-refractivity contribution in [3.8, 4) is 0 Å². The number of nitrogen functional groups attached to an aromatic ring is 1. The van der Waals surface area contributed by atoms with E-state index in [1.807, 2.05) is 18.2 Å². The van der Waals surface area contributed by atoms with Gasteiger partial charge in [0.1, 0.15) is 5.52 Å². The number of benzene rings is 1. The molecule has 3 rings (SSSR count). The Hall–Kier alpha value is -1.55. The van der Waals surface area contributed by atoms with Crippen molar-refractivity contribution in [2.75, 3.05) is 18.8 Å². The molecule has 0 amide bonds. The zero-order valence-corrected chi connectivity index (χ0v) is 13.0. The lowest BCUT2D eigenvalue weighted by Crippen LogP contribution is -2.24. The lowest BCUT2D eigenvalue weighted by atomic mass is 9.89. The zero-order valence-electron chi connectivity index (χ0n) is 13.0. The molecule has 4 nitrogen and oxygen atoms in total. The predicted octanol–water partition coefficient (Wildman–Crippen LogP) is 3.67. The van der Waals surface area contributed by atoms with Crippen LogP contribution in [0.2, 0.25) is 0 Å². The molecule has 1 unspecified atom stereocenters. The Morgan fingerprint density at radius 1 is 1.33 bits per heavy atom. The van der Waals surface area contributed by atoms with E-state index < -0.39 is 0 Å². The summed E-state index contributed by atoms with van der Waals surface area (Å²) in [7, 11) is 0. The molecule has 1 atom stereocenters. The Morgan fingerprint density at radius 2 is 2.19 bits per heavy atom. The van der Waals surface area contributed by atoms with Gasteiger partial charge in [0.25, 0.3) is 0 Å². The Bertz CT molecular complexity index is 605. The van der Waals surface area contributed by atoms with Crippen LogP contribution in [0.15, 0.2) is 22.6 Å². The van der Waals surface area contributed by atoms with Crippen LogP contribution in [0, 0.1) is 11.8 Å². The molecule has 0 saturated carbocycles. The number of aromatic nitrogens is 1. The highest BCUT2D eigenvalue weighted by molar-refractivity contribution is 5.76. The molecule has 1 saturated heterocycles. The maximum absolute atomic E-state index is 5.83. The maximum Gasteiger partial charge on any atom is 0.209 e. The first-order valence-electron chi connectivity index (χ1n) is 7.99. The predicted molar refractivity (Wildman–Crippen MR) is 85.9 cm³/mol. The van der Waals surface area contributed by atoms with Crippen molar-refractivity contribution in [2.45, 2.75) is 39.7 Å². The molecular formula is C17H25N3O. The lowest BCUT2D eigenvalue weighted by Gasteiger charge is -2.19. The van der Waals surface area contributed by atoms with Crippen LogP contribution in [-0.2, 0) is 6.54 Å². The van der Waals surface area contributed by atoms with Crippen molar-refractivity contribution in [2.24, 2.45) is 11.8 Å². The van der Waals surface area contributed by atoms with Gasteiger partial charge in [-0.2, -0.15) is 0 Å². The standard InChI is InChI=1S/C17H25N3O/c1-12(2)13-4-3-8-20(9-7-13)11-17-19-15-10-14(18)5-6-16(15)21-17/h5-6,10,12-13H,3-4,7-9,11,18H2,1-2H3. The van der Waals surface area contributed by atoms with E-state index in [1.54, 1.807) is 0 Å². The molecule has 21 heavy (non-hydrogen) atoms. The molecule has 2 N–H and O–H groups in total. The van der Waals surface area contributed by atoms with E-state index in [2.05, 4.69) is 23.7 Å². The van der Waals surface area contributed by atoms with Crippen LogP contribution in [-0.4, -0.2) is 23.0 Å². The summed E-state index contributed by atoms with van der Waals surface area (Å²) < 4.78 is 5.83. The van der Waals surface area contributed by atoms with Gasteiger partial charge in [-0.05, 0) is 62.4 Å². The Balaban J connectivity index is 1.67. The fourth-order valence-corrected chi connectivity index (χ4v) is 3.26. The second kappa shape index (κ2) is 6.06. The summed E-state index contributed by atoms with van der Waals surface area (Å²) >= 11 is 0. The fraction of sp³-hybridized carbons (Fsp3) is 0.588. The van der Waals surface area contributed by atoms with Crippen LogP contribution < -0.4 is 5.73 Å². The highest BCUT2D eigenvalue weighted by Gasteiger charge is 2.20. The first-order chi connectivity index (χ1) is 10.1. The molecule has 1 aromatic heterocycles. The van der Waals surface area contributed by atoms with Gasteiger partial charge in [-0.3, -0.25) is 4.90 Å². The Morgan fingerprint density at radius 3 is 3.00 bits per heavy atom. The molecule has 0 aliphatic carbocycles. The average Bonchev–Trinajstić information content (AvgIpc) is 2.66. The van der Waals surface area contributed by atoms with Gasteiger partial charge in [-0.1, -0.05) is 13.8 Å². The van der Waals surface area contributed by atoms with Gasteiger partial charge in [-0.15, -0.1) is 0 Å². The molecule has 114 valence electrons. The minimum atomic E-state index is 0.733. The molecule has 0 spiro atoms. The van der Waals surface area contributed by atoms with Crippen molar-refractivity contribution in [3.63, 3.8) is 0 Å². The summed E-state index contributed by atoms with van der Waals surface area (Å²) in [5, 5.41) is 0. The van der Waals surface area contributed by atoms with Crippen molar-refractivity contribution < 1.29 is 4.42 Å². The SMILES string of the molecule is CC(C)C1CCCN(Cc2nc3cc(N)ccc3o2)CC1. The first kappa shape index (κ1) is 14.4. The average molecular weight is 287 g/mol. The van der Waals surface area contributed by atoms with Gasteiger partial charge >= 0.3 is 0 Å². The first-order valence-corrected chi connectivity index (χ1v) is 7.99. The molecule has 1 aliphatic rings. The zero-order chi connectivity index (χ0) is 14.8. The van der Waals surface area contributed by atoms with Crippen LogP contribution >= 0.6 is 0 Å². The van der Waals surface area contributed by atoms with Crippen molar-refractivity contribution in [1.29, 1.82) is 0 Å². The molecule has 0 bridgehead atoms. The van der Waals surface area contributed by atoms with E-state index >= 15 is 0 Å². The molecule has 2 aromatic rings. The van der Waals surface area contributed by atoms with Gasteiger partial charge < -0.3 is 10.2 Å². The minimum absolute atomic E-state index is 0.733. The van der Waals surface area contributed by atoms with Gasteiger partial charge in [0.2, 0.25) is 5.89 Å². The summed E-state index contributed by atoms with van der Waals surface area (Å²) in [4.78, 5) is 7.03. The smallest absolute Gasteiger partial charge is 0.209 e. The van der Waals surface area contributed by atoms with Crippen LogP contribution in [0.5, 0.6) is 0 Å². The molecule has 4 heteroatoms. The number of fused-ring (bicyclic) bond motifs is 1. The van der Waals surface area contributed by atoms with E-state index in [0.717, 1.165) is 54.1 Å². The fourth-order valence-electron chi connectivity index (χ4n) is 3.26. The monoisotopic (exact) mass is 287 g/mol. The van der Waals surface area contributed by atoms with E-state index in [1.165, 1.54) is 19.3 Å². The number of rotatable bonds is 3.